The van der Waals surface area contributed by atoms with Crippen LogP contribution in [-0.2, 0) is 6.42 Å². The van der Waals surface area contributed by atoms with E-state index in [-0.39, 0.29) is 5.28 Å². The molecule has 0 aromatic carbocycles. The number of aryl methyl sites for hydroxylation is 1. The molecule has 0 aliphatic rings. The summed E-state index contributed by atoms with van der Waals surface area (Å²) in [6.07, 6.45) is 2.59. The highest BCUT2D eigenvalue weighted by Crippen LogP contribution is 2.12. The number of hydrogen-bond acceptors (Lipinski definition) is 5. The molecule has 0 radical (unpaired) electrons. The summed E-state index contributed by atoms with van der Waals surface area (Å²) in [5, 5.41) is 5.53. The van der Waals surface area contributed by atoms with Crippen molar-refractivity contribution in [2.75, 3.05) is 11.9 Å². The lowest BCUT2D eigenvalue weighted by Crippen LogP contribution is -2.08. The molecule has 0 aliphatic carbocycles. The van der Waals surface area contributed by atoms with Crippen LogP contribution in [0.4, 0.5) is 5.82 Å². The van der Waals surface area contributed by atoms with Gasteiger partial charge >= 0.3 is 0 Å². The SMILES string of the molecule is Cc1cnc(Cl)nc1NCCc1cscn1. The minimum absolute atomic E-state index is 0.266. The lowest BCUT2D eigenvalue weighted by atomic mass is 10.3. The van der Waals surface area contributed by atoms with Crippen LogP contribution in [0, 0.1) is 6.92 Å². The molecule has 0 bridgehead atoms. The van der Waals surface area contributed by atoms with Gasteiger partial charge in [-0.1, -0.05) is 0 Å². The van der Waals surface area contributed by atoms with Crippen LogP contribution in [0.5, 0.6) is 0 Å². The van der Waals surface area contributed by atoms with Gasteiger partial charge < -0.3 is 5.32 Å². The molecule has 0 aliphatic heterocycles. The maximum Gasteiger partial charge on any atom is 0.224 e. The average molecular weight is 255 g/mol. The van der Waals surface area contributed by atoms with Crippen LogP contribution in [0.15, 0.2) is 17.1 Å². The van der Waals surface area contributed by atoms with Crippen molar-refractivity contribution in [2.24, 2.45) is 0 Å². The summed E-state index contributed by atoms with van der Waals surface area (Å²) in [7, 11) is 0. The Morgan fingerprint density at radius 3 is 3.06 bits per heavy atom. The van der Waals surface area contributed by atoms with Gasteiger partial charge in [-0.05, 0) is 18.5 Å². The number of hydrogen-bond donors (Lipinski definition) is 1. The predicted molar refractivity (Wildman–Crippen MR) is 66.1 cm³/mol. The van der Waals surface area contributed by atoms with Gasteiger partial charge in [0.25, 0.3) is 0 Å². The minimum atomic E-state index is 0.266. The number of rotatable bonds is 4. The van der Waals surface area contributed by atoms with Crippen molar-refractivity contribution in [3.05, 3.63) is 33.6 Å². The first-order valence-electron chi connectivity index (χ1n) is 4.86. The highest BCUT2D eigenvalue weighted by atomic mass is 35.5. The molecule has 84 valence electrons. The molecule has 0 spiro atoms. The van der Waals surface area contributed by atoms with Crippen molar-refractivity contribution in [1.29, 1.82) is 0 Å². The molecular formula is C10H11ClN4S. The van der Waals surface area contributed by atoms with Gasteiger partial charge in [0, 0.05) is 30.1 Å². The van der Waals surface area contributed by atoms with Crippen molar-refractivity contribution in [1.82, 2.24) is 15.0 Å². The van der Waals surface area contributed by atoms with E-state index in [9.17, 15) is 0 Å². The van der Waals surface area contributed by atoms with E-state index in [1.54, 1.807) is 17.5 Å². The first kappa shape index (κ1) is 11.3. The standard InChI is InChI=1S/C10H11ClN4S/c1-7-4-13-10(11)15-9(7)12-3-2-8-5-16-6-14-8/h4-6H,2-3H2,1H3,(H,12,13,15). The Kier molecular flexibility index (Phi) is 3.69. The van der Waals surface area contributed by atoms with Gasteiger partial charge in [-0.2, -0.15) is 0 Å². The molecule has 0 amide bonds. The Hall–Kier alpha value is -1.20. The van der Waals surface area contributed by atoms with E-state index < -0.39 is 0 Å². The van der Waals surface area contributed by atoms with Crippen LogP contribution >= 0.6 is 22.9 Å². The highest BCUT2D eigenvalue weighted by molar-refractivity contribution is 7.07. The predicted octanol–water partition coefficient (Wildman–Crippen LogP) is 2.55. The molecule has 0 saturated carbocycles. The van der Waals surface area contributed by atoms with Gasteiger partial charge in [-0.3, -0.25) is 0 Å². The molecule has 2 heterocycles. The Labute approximate surface area is 103 Å². The molecule has 16 heavy (non-hydrogen) atoms. The van der Waals surface area contributed by atoms with Crippen molar-refractivity contribution in [3.63, 3.8) is 0 Å². The monoisotopic (exact) mass is 254 g/mol. The Balaban J connectivity index is 1.92. The second kappa shape index (κ2) is 5.23. The number of aromatic nitrogens is 3. The lowest BCUT2D eigenvalue weighted by Gasteiger charge is -2.06. The quantitative estimate of drug-likeness (QED) is 0.852. The van der Waals surface area contributed by atoms with Crippen LogP contribution in [0.3, 0.4) is 0 Å². The summed E-state index contributed by atoms with van der Waals surface area (Å²) in [5.41, 5.74) is 3.92. The highest BCUT2D eigenvalue weighted by Gasteiger charge is 2.02. The third-order valence-corrected chi connectivity index (χ3v) is 2.92. The molecule has 6 heteroatoms. The topological polar surface area (TPSA) is 50.7 Å². The van der Waals surface area contributed by atoms with E-state index >= 15 is 0 Å². The third-order valence-electron chi connectivity index (χ3n) is 2.10. The molecule has 0 saturated heterocycles. The second-order valence-corrected chi connectivity index (χ2v) is 4.38. The first-order valence-corrected chi connectivity index (χ1v) is 6.18. The number of thiazole rings is 1. The molecule has 1 N–H and O–H groups in total. The van der Waals surface area contributed by atoms with E-state index in [0.29, 0.717) is 0 Å². The van der Waals surface area contributed by atoms with Gasteiger partial charge in [0.1, 0.15) is 5.82 Å². The summed E-state index contributed by atoms with van der Waals surface area (Å²) in [5.74, 6) is 0.787. The fraction of sp³-hybridized carbons (Fsp3) is 0.300. The molecule has 0 fully saturated rings. The van der Waals surface area contributed by atoms with Crippen LogP contribution in [-0.4, -0.2) is 21.5 Å². The van der Waals surface area contributed by atoms with E-state index in [2.05, 4.69) is 20.3 Å². The molecular weight excluding hydrogens is 244 g/mol. The number of halogens is 1. The molecule has 2 rings (SSSR count). The molecule has 2 aromatic heterocycles. The zero-order valence-electron chi connectivity index (χ0n) is 8.77. The summed E-state index contributed by atoms with van der Waals surface area (Å²) in [6, 6.07) is 0. The van der Waals surface area contributed by atoms with Crippen molar-refractivity contribution < 1.29 is 0 Å². The average Bonchev–Trinajstić information content (AvgIpc) is 2.76. The number of nitrogens with one attached hydrogen (secondary N) is 1. The van der Waals surface area contributed by atoms with E-state index in [1.807, 2.05) is 17.8 Å². The van der Waals surface area contributed by atoms with Crippen molar-refractivity contribution >= 4 is 28.8 Å². The van der Waals surface area contributed by atoms with Crippen LogP contribution in [0.1, 0.15) is 11.3 Å². The zero-order chi connectivity index (χ0) is 11.4. The number of nitrogens with zero attached hydrogens (tertiary/aromatic N) is 3. The third kappa shape index (κ3) is 2.90. The van der Waals surface area contributed by atoms with Crippen LogP contribution < -0.4 is 5.32 Å². The van der Waals surface area contributed by atoms with E-state index in [4.69, 9.17) is 11.6 Å². The largest absolute Gasteiger partial charge is 0.369 e. The summed E-state index contributed by atoms with van der Waals surface area (Å²) < 4.78 is 0. The van der Waals surface area contributed by atoms with Gasteiger partial charge in [0.05, 0.1) is 11.2 Å². The van der Waals surface area contributed by atoms with Crippen molar-refractivity contribution in [3.8, 4) is 0 Å². The first-order chi connectivity index (χ1) is 7.75. The van der Waals surface area contributed by atoms with Gasteiger partial charge in [-0.25, -0.2) is 15.0 Å². The molecule has 2 aromatic rings. The summed E-state index contributed by atoms with van der Waals surface area (Å²) in [4.78, 5) is 12.2. The van der Waals surface area contributed by atoms with Crippen LogP contribution in [0.2, 0.25) is 5.28 Å². The second-order valence-electron chi connectivity index (χ2n) is 3.33. The normalized spacial score (nSPS) is 10.4. The van der Waals surface area contributed by atoms with Crippen LogP contribution in [0.25, 0.3) is 0 Å². The van der Waals surface area contributed by atoms with Gasteiger partial charge in [0.15, 0.2) is 0 Å². The summed E-state index contributed by atoms with van der Waals surface area (Å²) in [6.45, 7) is 2.74. The maximum absolute atomic E-state index is 5.72. The van der Waals surface area contributed by atoms with Crippen molar-refractivity contribution in [2.45, 2.75) is 13.3 Å². The Morgan fingerprint density at radius 1 is 1.44 bits per heavy atom. The Morgan fingerprint density at radius 2 is 2.31 bits per heavy atom. The fourth-order valence-corrected chi connectivity index (χ4v) is 2.00. The lowest BCUT2D eigenvalue weighted by molar-refractivity contribution is 0.959. The molecule has 0 atom stereocenters. The minimum Gasteiger partial charge on any atom is -0.369 e. The van der Waals surface area contributed by atoms with Gasteiger partial charge in [0.2, 0.25) is 5.28 Å². The Bertz CT molecular complexity index is 458. The zero-order valence-corrected chi connectivity index (χ0v) is 10.3. The van der Waals surface area contributed by atoms with Gasteiger partial charge in [-0.15, -0.1) is 11.3 Å². The maximum atomic E-state index is 5.72. The number of anilines is 1. The molecule has 0 unspecified atom stereocenters. The smallest absolute Gasteiger partial charge is 0.224 e. The fourth-order valence-electron chi connectivity index (χ4n) is 1.27. The summed E-state index contributed by atoms with van der Waals surface area (Å²) >= 11 is 7.33. The van der Waals surface area contributed by atoms with E-state index in [0.717, 1.165) is 30.0 Å². The molecule has 4 nitrogen and oxygen atoms in total. The van der Waals surface area contributed by atoms with E-state index in [1.165, 1.54) is 0 Å².